The van der Waals surface area contributed by atoms with Crippen LogP contribution in [0, 0.1) is 11.6 Å². The van der Waals surface area contributed by atoms with Crippen LogP contribution in [0.1, 0.15) is 42.9 Å². The van der Waals surface area contributed by atoms with Crippen LogP contribution in [0.4, 0.5) is 14.5 Å². The molecule has 0 spiro atoms. The molecule has 0 bridgehead atoms. The van der Waals surface area contributed by atoms with E-state index in [2.05, 4.69) is 10.3 Å². The monoisotopic (exact) mass is 487 g/mol. The van der Waals surface area contributed by atoms with Gasteiger partial charge in [0.1, 0.15) is 17.7 Å². The third kappa shape index (κ3) is 5.00. The second-order valence-corrected chi connectivity index (χ2v) is 9.22. The smallest absolute Gasteiger partial charge is 0.248 e. The van der Waals surface area contributed by atoms with Crippen molar-refractivity contribution in [2.24, 2.45) is 0 Å². The van der Waals surface area contributed by atoms with Crippen molar-refractivity contribution in [2.45, 2.75) is 44.2 Å². The molecule has 1 aliphatic rings. The molecule has 0 aliphatic heterocycles. The molecular weight excluding hydrogens is 460 g/mol. The molecule has 5 nitrogen and oxygen atoms in total. The first-order chi connectivity index (χ1) is 17.5. The van der Waals surface area contributed by atoms with Crippen LogP contribution in [-0.2, 0) is 16.0 Å². The van der Waals surface area contributed by atoms with Crippen LogP contribution in [0.15, 0.2) is 79.0 Å². The summed E-state index contributed by atoms with van der Waals surface area (Å²) in [6, 6.07) is 17.7. The van der Waals surface area contributed by atoms with Gasteiger partial charge in [0.2, 0.25) is 11.8 Å². The van der Waals surface area contributed by atoms with Gasteiger partial charge in [0, 0.05) is 28.8 Å². The Morgan fingerprint density at radius 1 is 0.944 bits per heavy atom. The third-order valence-corrected chi connectivity index (χ3v) is 6.77. The van der Waals surface area contributed by atoms with Crippen molar-refractivity contribution in [1.82, 2.24) is 10.3 Å². The van der Waals surface area contributed by atoms with E-state index < -0.39 is 17.7 Å². The van der Waals surface area contributed by atoms with Gasteiger partial charge in [-0.25, -0.2) is 8.78 Å². The van der Waals surface area contributed by atoms with E-state index in [0.29, 0.717) is 5.56 Å². The van der Waals surface area contributed by atoms with E-state index in [1.807, 2.05) is 24.3 Å². The molecule has 1 aliphatic carbocycles. The molecule has 4 aromatic rings. The molecule has 5 rings (SSSR count). The van der Waals surface area contributed by atoms with E-state index in [-0.39, 0.29) is 30.0 Å². The van der Waals surface area contributed by atoms with E-state index in [1.54, 1.807) is 12.3 Å². The van der Waals surface area contributed by atoms with Crippen molar-refractivity contribution < 1.29 is 18.4 Å². The zero-order valence-electron chi connectivity index (χ0n) is 19.7. The number of anilines is 1. The lowest BCUT2D eigenvalue weighted by molar-refractivity contribution is -0.127. The van der Waals surface area contributed by atoms with Gasteiger partial charge in [0.05, 0.1) is 6.42 Å². The maximum Gasteiger partial charge on any atom is 0.248 e. The Kier molecular flexibility index (Phi) is 6.80. The average Bonchev–Trinajstić information content (AvgIpc) is 3.53. The zero-order valence-corrected chi connectivity index (χ0v) is 19.7. The number of hydrogen-bond acceptors (Lipinski definition) is 2. The number of nitrogens with one attached hydrogen (secondary N) is 2. The molecule has 2 amide bonds. The van der Waals surface area contributed by atoms with Gasteiger partial charge >= 0.3 is 0 Å². The Hall–Kier alpha value is -4.00. The van der Waals surface area contributed by atoms with Gasteiger partial charge in [-0.05, 0) is 60.4 Å². The Morgan fingerprint density at radius 3 is 2.44 bits per heavy atom. The van der Waals surface area contributed by atoms with E-state index in [1.165, 1.54) is 47.4 Å². The summed E-state index contributed by atoms with van der Waals surface area (Å²) < 4.78 is 28.1. The number of fused-ring (bicyclic) bond motifs is 1. The number of aromatic nitrogens is 1. The molecule has 1 heterocycles. The molecular formula is C29H27F2N3O2. The van der Waals surface area contributed by atoms with Crippen LogP contribution < -0.4 is 10.2 Å². The Bertz CT molecular complexity index is 1380. The highest BCUT2D eigenvalue weighted by atomic mass is 19.1. The van der Waals surface area contributed by atoms with Crippen LogP contribution in [0.2, 0.25) is 0 Å². The van der Waals surface area contributed by atoms with Crippen LogP contribution in [0.3, 0.4) is 0 Å². The van der Waals surface area contributed by atoms with Crippen molar-refractivity contribution in [3.63, 3.8) is 0 Å². The number of nitrogens with zero attached hydrogens (tertiary/aromatic N) is 1. The fraction of sp³-hybridized carbons (Fsp3) is 0.241. The first-order valence-electron chi connectivity index (χ1n) is 12.2. The van der Waals surface area contributed by atoms with Gasteiger partial charge < -0.3 is 10.3 Å². The van der Waals surface area contributed by atoms with E-state index in [0.717, 1.165) is 42.1 Å². The summed E-state index contributed by atoms with van der Waals surface area (Å²) in [5.41, 5.74) is 2.37. The van der Waals surface area contributed by atoms with Crippen LogP contribution in [0.25, 0.3) is 10.9 Å². The van der Waals surface area contributed by atoms with Gasteiger partial charge in [0.25, 0.3) is 0 Å². The number of benzene rings is 3. The fourth-order valence-corrected chi connectivity index (χ4v) is 5.00. The average molecular weight is 488 g/mol. The Morgan fingerprint density at radius 2 is 1.69 bits per heavy atom. The fourth-order valence-electron chi connectivity index (χ4n) is 5.00. The molecule has 0 radical (unpaired) electrons. The number of H-pyrrole nitrogens is 1. The number of amides is 2. The molecule has 1 aromatic heterocycles. The van der Waals surface area contributed by atoms with E-state index in [4.69, 9.17) is 0 Å². The van der Waals surface area contributed by atoms with Gasteiger partial charge in [0.15, 0.2) is 0 Å². The molecule has 0 unspecified atom stereocenters. The van der Waals surface area contributed by atoms with Gasteiger partial charge in [-0.1, -0.05) is 49.2 Å². The summed E-state index contributed by atoms with van der Waals surface area (Å²) in [5.74, 6) is -1.71. The highest BCUT2D eigenvalue weighted by Crippen LogP contribution is 2.31. The Balaban J connectivity index is 1.57. The number of aromatic amines is 1. The minimum absolute atomic E-state index is 0.00503. The van der Waals surface area contributed by atoms with E-state index >= 15 is 0 Å². The molecule has 1 saturated carbocycles. The number of para-hydroxylation sites is 1. The lowest BCUT2D eigenvalue weighted by Crippen LogP contribution is -2.47. The van der Waals surface area contributed by atoms with Crippen molar-refractivity contribution in [2.75, 3.05) is 4.90 Å². The summed E-state index contributed by atoms with van der Waals surface area (Å²) in [4.78, 5) is 32.1. The van der Waals surface area contributed by atoms with Crippen molar-refractivity contribution in [3.05, 3.63) is 102 Å². The van der Waals surface area contributed by atoms with Gasteiger partial charge in [-0.2, -0.15) is 0 Å². The quantitative estimate of drug-likeness (QED) is 0.345. The molecule has 3 aromatic carbocycles. The molecule has 0 saturated heterocycles. The summed E-state index contributed by atoms with van der Waals surface area (Å²) in [6.07, 6.45) is 5.56. The van der Waals surface area contributed by atoms with Gasteiger partial charge in [-0.15, -0.1) is 0 Å². The normalized spacial score (nSPS) is 14.6. The van der Waals surface area contributed by atoms with Crippen molar-refractivity contribution >= 4 is 28.4 Å². The van der Waals surface area contributed by atoms with Gasteiger partial charge in [-0.3, -0.25) is 14.5 Å². The number of carbonyl (C=O) groups excluding carboxylic acids is 2. The van der Waals surface area contributed by atoms with Crippen LogP contribution >= 0.6 is 0 Å². The molecule has 7 heteroatoms. The first-order valence-corrected chi connectivity index (χ1v) is 12.2. The molecule has 184 valence electrons. The summed E-state index contributed by atoms with van der Waals surface area (Å²) in [6.45, 7) is 0. The number of rotatable bonds is 7. The number of halogens is 2. The molecule has 2 N–H and O–H groups in total. The van der Waals surface area contributed by atoms with Crippen LogP contribution in [0.5, 0.6) is 0 Å². The number of carbonyl (C=O) groups is 2. The van der Waals surface area contributed by atoms with Crippen LogP contribution in [-0.4, -0.2) is 22.8 Å². The molecule has 1 fully saturated rings. The minimum Gasteiger partial charge on any atom is -0.361 e. The van der Waals surface area contributed by atoms with Crippen molar-refractivity contribution in [3.8, 4) is 0 Å². The lowest BCUT2D eigenvalue weighted by atomic mass is 10.0. The second kappa shape index (κ2) is 10.3. The first kappa shape index (κ1) is 23.7. The summed E-state index contributed by atoms with van der Waals surface area (Å²) in [5, 5.41) is 3.98. The summed E-state index contributed by atoms with van der Waals surface area (Å²) >= 11 is 0. The predicted molar refractivity (Wildman–Crippen MR) is 135 cm³/mol. The SMILES string of the molecule is O=C(NC1CCCC1)[C@H](c1ccc(F)cc1)N(C(=O)Cc1c[nH]c2ccccc12)c1cccc(F)c1. The number of hydrogen-bond donors (Lipinski definition) is 2. The standard InChI is InChI=1S/C29H27F2N3O2/c30-21-14-12-19(13-15-21)28(29(36)33-23-7-1-2-8-23)34(24-9-5-6-22(31)17-24)27(35)16-20-18-32-26-11-4-3-10-25(20)26/h3-6,9-15,17-18,23,28,32H,1-2,7-8,16H2,(H,33,36)/t28-/m0/s1. The zero-order chi connectivity index (χ0) is 25.1. The Labute approximate surface area is 208 Å². The highest BCUT2D eigenvalue weighted by molar-refractivity contribution is 6.03. The minimum atomic E-state index is -1.09. The summed E-state index contributed by atoms with van der Waals surface area (Å²) in [7, 11) is 0. The third-order valence-electron chi connectivity index (χ3n) is 6.77. The topological polar surface area (TPSA) is 65.2 Å². The highest BCUT2D eigenvalue weighted by Gasteiger charge is 2.34. The molecule has 1 atom stereocenters. The predicted octanol–water partition coefficient (Wildman–Crippen LogP) is 5.82. The second-order valence-electron chi connectivity index (χ2n) is 9.22. The van der Waals surface area contributed by atoms with E-state index in [9.17, 15) is 18.4 Å². The molecule has 36 heavy (non-hydrogen) atoms. The largest absolute Gasteiger partial charge is 0.361 e. The lowest BCUT2D eigenvalue weighted by Gasteiger charge is -2.32. The van der Waals surface area contributed by atoms with Crippen molar-refractivity contribution in [1.29, 1.82) is 0 Å². The maximum absolute atomic E-state index is 14.3. The maximum atomic E-state index is 14.3.